The lowest BCUT2D eigenvalue weighted by atomic mass is 9.90. The molecule has 0 fully saturated rings. The van der Waals surface area contributed by atoms with Crippen molar-refractivity contribution in [2.45, 2.75) is 26.7 Å². The Hall–Kier alpha value is -1.84. The van der Waals surface area contributed by atoms with Gasteiger partial charge in [-0.3, -0.25) is 10.2 Å². The number of carbonyl (C=O) groups is 1. The van der Waals surface area contributed by atoms with E-state index in [-0.39, 0.29) is 11.8 Å². The second-order valence-corrected chi connectivity index (χ2v) is 4.98. The molecule has 0 heterocycles. The molecule has 0 aromatic heterocycles. The van der Waals surface area contributed by atoms with Crippen molar-refractivity contribution in [1.82, 2.24) is 0 Å². The zero-order valence-electron chi connectivity index (χ0n) is 10.8. The molecule has 0 aliphatic rings. The molecule has 1 rings (SSSR count). The maximum atomic E-state index is 11.2. The lowest BCUT2D eigenvalue weighted by molar-refractivity contribution is -0.142. The van der Waals surface area contributed by atoms with Crippen molar-refractivity contribution in [3.63, 3.8) is 0 Å². The molecule has 1 unspecified atom stereocenters. The van der Waals surface area contributed by atoms with Gasteiger partial charge in [0, 0.05) is 5.56 Å². The predicted molar refractivity (Wildman–Crippen MR) is 71.7 cm³/mol. The summed E-state index contributed by atoms with van der Waals surface area (Å²) in [6, 6.07) is 7.23. The molecule has 4 nitrogen and oxygen atoms in total. The van der Waals surface area contributed by atoms with Crippen LogP contribution in [-0.2, 0) is 11.2 Å². The lowest BCUT2D eigenvalue weighted by Gasteiger charge is -2.15. The second-order valence-electron chi connectivity index (χ2n) is 4.98. The van der Waals surface area contributed by atoms with Crippen molar-refractivity contribution in [2.75, 3.05) is 0 Å². The van der Waals surface area contributed by atoms with E-state index in [4.69, 9.17) is 11.1 Å². The molecule has 0 aliphatic heterocycles. The number of carboxylic acid groups (broad SMARTS) is 1. The molecule has 0 saturated carbocycles. The molecule has 0 saturated heterocycles. The highest BCUT2D eigenvalue weighted by atomic mass is 16.4. The molecule has 1 aromatic rings. The van der Waals surface area contributed by atoms with Gasteiger partial charge < -0.3 is 10.8 Å². The molecular formula is C14H20N2O2. The highest BCUT2D eigenvalue weighted by Crippen LogP contribution is 2.18. The van der Waals surface area contributed by atoms with Gasteiger partial charge in [-0.05, 0) is 30.4 Å². The topological polar surface area (TPSA) is 87.2 Å². The molecule has 0 radical (unpaired) electrons. The first-order chi connectivity index (χ1) is 8.40. The number of carboxylic acids is 1. The standard InChI is InChI=1S/C14H20N2O2/c1-9(2)6-12(14(17)18)8-10-4-3-5-11(7-10)13(15)16/h3-5,7,9,12H,6,8H2,1-2H3,(H3,15,16)(H,17,18). The summed E-state index contributed by atoms with van der Waals surface area (Å²) in [6.45, 7) is 4.03. The predicted octanol–water partition coefficient (Wildman–Crippen LogP) is 2.26. The van der Waals surface area contributed by atoms with Crippen LogP contribution >= 0.6 is 0 Å². The minimum absolute atomic E-state index is 0.00702. The Morgan fingerprint density at radius 1 is 1.44 bits per heavy atom. The quantitative estimate of drug-likeness (QED) is 0.533. The second kappa shape index (κ2) is 6.19. The van der Waals surface area contributed by atoms with Crippen LogP contribution in [-0.4, -0.2) is 16.9 Å². The van der Waals surface area contributed by atoms with Crippen molar-refractivity contribution in [1.29, 1.82) is 5.41 Å². The van der Waals surface area contributed by atoms with Crippen molar-refractivity contribution in [2.24, 2.45) is 17.6 Å². The van der Waals surface area contributed by atoms with Crippen LogP contribution < -0.4 is 5.73 Å². The summed E-state index contributed by atoms with van der Waals surface area (Å²) < 4.78 is 0. The van der Waals surface area contributed by atoms with Crippen molar-refractivity contribution in [3.8, 4) is 0 Å². The number of nitrogen functional groups attached to an aromatic ring is 1. The van der Waals surface area contributed by atoms with Gasteiger partial charge >= 0.3 is 5.97 Å². The molecule has 1 atom stereocenters. The van der Waals surface area contributed by atoms with Gasteiger partial charge in [-0.15, -0.1) is 0 Å². The van der Waals surface area contributed by atoms with Crippen LogP contribution in [0.3, 0.4) is 0 Å². The van der Waals surface area contributed by atoms with Crippen LogP contribution in [0, 0.1) is 17.2 Å². The minimum Gasteiger partial charge on any atom is -0.481 e. The summed E-state index contributed by atoms with van der Waals surface area (Å²) in [5, 5.41) is 16.6. The van der Waals surface area contributed by atoms with E-state index in [0.29, 0.717) is 24.3 Å². The van der Waals surface area contributed by atoms with Gasteiger partial charge in [0.05, 0.1) is 5.92 Å². The first-order valence-electron chi connectivity index (χ1n) is 6.06. The molecule has 0 amide bonds. The van der Waals surface area contributed by atoms with E-state index in [1.807, 2.05) is 19.9 Å². The highest BCUT2D eigenvalue weighted by molar-refractivity contribution is 5.95. The Labute approximate surface area is 107 Å². The van der Waals surface area contributed by atoms with Gasteiger partial charge in [0.25, 0.3) is 0 Å². The maximum absolute atomic E-state index is 11.2. The third kappa shape index (κ3) is 4.20. The summed E-state index contributed by atoms with van der Waals surface area (Å²) in [4.78, 5) is 11.2. The first kappa shape index (κ1) is 14.2. The molecule has 1 aromatic carbocycles. The van der Waals surface area contributed by atoms with E-state index in [2.05, 4.69) is 0 Å². The Bertz CT molecular complexity index is 441. The van der Waals surface area contributed by atoms with E-state index in [1.54, 1.807) is 18.2 Å². The maximum Gasteiger partial charge on any atom is 0.306 e. The third-order valence-corrected chi connectivity index (χ3v) is 2.83. The van der Waals surface area contributed by atoms with Gasteiger partial charge in [0.1, 0.15) is 5.84 Å². The summed E-state index contributed by atoms with van der Waals surface area (Å²) in [5.74, 6) is -0.793. The summed E-state index contributed by atoms with van der Waals surface area (Å²) >= 11 is 0. The Morgan fingerprint density at radius 2 is 2.11 bits per heavy atom. The zero-order valence-corrected chi connectivity index (χ0v) is 10.8. The SMILES string of the molecule is CC(C)CC(Cc1cccc(C(=N)N)c1)C(=O)O. The highest BCUT2D eigenvalue weighted by Gasteiger charge is 2.19. The summed E-state index contributed by atoms with van der Waals surface area (Å²) in [6.07, 6.45) is 1.13. The Morgan fingerprint density at radius 3 is 2.61 bits per heavy atom. The fraction of sp³-hybridized carbons (Fsp3) is 0.429. The lowest BCUT2D eigenvalue weighted by Crippen LogP contribution is -2.19. The van der Waals surface area contributed by atoms with Crippen LogP contribution in [0.1, 0.15) is 31.4 Å². The number of benzene rings is 1. The van der Waals surface area contributed by atoms with Crippen molar-refractivity contribution >= 4 is 11.8 Å². The van der Waals surface area contributed by atoms with Gasteiger partial charge in [-0.2, -0.15) is 0 Å². The van der Waals surface area contributed by atoms with Crippen LogP contribution in [0.4, 0.5) is 0 Å². The van der Waals surface area contributed by atoms with E-state index in [9.17, 15) is 9.90 Å². The molecule has 4 N–H and O–H groups in total. The fourth-order valence-corrected chi connectivity index (χ4v) is 1.99. The number of nitrogens with two attached hydrogens (primary N) is 1. The number of rotatable bonds is 6. The number of nitrogens with one attached hydrogen (secondary N) is 1. The largest absolute Gasteiger partial charge is 0.481 e. The number of aliphatic carboxylic acids is 1. The number of hydrogen-bond donors (Lipinski definition) is 3. The average Bonchev–Trinajstić information content (AvgIpc) is 2.27. The van der Waals surface area contributed by atoms with E-state index >= 15 is 0 Å². The molecule has 4 heteroatoms. The Kier molecular flexibility index (Phi) is 4.89. The average molecular weight is 248 g/mol. The molecule has 98 valence electrons. The van der Waals surface area contributed by atoms with Gasteiger partial charge in [-0.1, -0.05) is 32.0 Å². The van der Waals surface area contributed by atoms with E-state index in [1.165, 1.54) is 0 Å². The van der Waals surface area contributed by atoms with Crippen LogP contribution in [0.25, 0.3) is 0 Å². The van der Waals surface area contributed by atoms with Gasteiger partial charge in [0.15, 0.2) is 0 Å². The van der Waals surface area contributed by atoms with Crippen molar-refractivity contribution < 1.29 is 9.90 Å². The van der Waals surface area contributed by atoms with Gasteiger partial charge in [-0.25, -0.2) is 0 Å². The first-order valence-corrected chi connectivity index (χ1v) is 6.06. The Balaban J connectivity index is 2.83. The summed E-state index contributed by atoms with van der Waals surface area (Å²) in [7, 11) is 0. The third-order valence-electron chi connectivity index (χ3n) is 2.83. The minimum atomic E-state index is -0.767. The molecule has 0 bridgehead atoms. The molecule has 0 spiro atoms. The summed E-state index contributed by atoms with van der Waals surface area (Å²) in [5.41, 5.74) is 6.97. The van der Waals surface area contributed by atoms with Crippen molar-refractivity contribution in [3.05, 3.63) is 35.4 Å². The fourth-order valence-electron chi connectivity index (χ4n) is 1.99. The van der Waals surface area contributed by atoms with Crippen LogP contribution in [0.5, 0.6) is 0 Å². The normalized spacial score (nSPS) is 12.4. The molecule has 0 aliphatic carbocycles. The van der Waals surface area contributed by atoms with Crippen LogP contribution in [0.2, 0.25) is 0 Å². The van der Waals surface area contributed by atoms with Gasteiger partial charge in [0.2, 0.25) is 0 Å². The van der Waals surface area contributed by atoms with Crippen LogP contribution in [0.15, 0.2) is 24.3 Å². The smallest absolute Gasteiger partial charge is 0.306 e. The molecule has 18 heavy (non-hydrogen) atoms. The van der Waals surface area contributed by atoms with E-state index < -0.39 is 5.97 Å². The zero-order chi connectivity index (χ0) is 13.7. The number of hydrogen-bond acceptors (Lipinski definition) is 2. The number of amidine groups is 1. The monoisotopic (exact) mass is 248 g/mol. The van der Waals surface area contributed by atoms with E-state index in [0.717, 1.165) is 5.56 Å². The molecular weight excluding hydrogens is 228 g/mol.